The predicted molar refractivity (Wildman–Crippen MR) is 47.9 cm³/mol. The van der Waals surface area contributed by atoms with Crippen LogP contribution in [0.3, 0.4) is 0 Å². The third-order valence-electron chi connectivity index (χ3n) is 0.706. The largest absolute Gasteiger partial charge is 0.379 e. The summed E-state index contributed by atoms with van der Waals surface area (Å²) >= 11 is 1.29. The Balaban J connectivity index is 3.27. The number of nitrogens with two attached hydrogens (primary N) is 1. The zero-order valence-corrected chi connectivity index (χ0v) is 6.69. The molecule has 0 aliphatic rings. The molecule has 0 spiro atoms. The molecule has 3 nitrogen and oxygen atoms in total. The zero-order valence-electron chi connectivity index (χ0n) is 5.87. The molecule has 0 amide bonds. The molecule has 0 fully saturated rings. The third-order valence-corrected chi connectivity index (χ3v) is 1.38. The van der Waals surface area contributed by atoms with Crippen molar-refractivity contribution in [3.63, 3.8) is 0 Å². The topological polar surface area (TPSA) is 62.2 Å². The first-order chi connectivity index (χ1) is 4.77. The summed E-state index contributed by atoms with van der Waals surface area (Å²) in [6.07, 6.45) is 5.43. The first-order valence-corrected chi connectivity index (χ1v) is 3.80. The van der Waals surface area contributed by atoms with Crippen LogP contribution in [0.25, 0.3) is 0 Å². The van der Waals surface area contributed by atoms with Crippen LogP contribution in [0, 0.1) is 5.41 Å². The lowest BCUT2D eigenvalue weighted by atomic mass is 10.6. The van der Waals surface area contributed by atoms with Gasteiger partial charge >= 0.3 is 0 Å². The van der Waals surface area contributed by atoms with Crippen LogP contribution >= 0.6 is 11.8 Å². The van der Waals surface area contributed by atoms with Crippen molar-refractivity contribution in [2.75, 3.05) is 12.8 Å². The summed E-state index contributed by atoms with van der Waals surface area (Å²) in [5.41, 5.74) is 5.09. The number of thioether (sulfide) groups is 1. The Hall–Kier alpha value is -0.770. The Labute approximate surface area is 64.9 Å². The molecule has 0 aromatic carbocycles. The molecule has 0 rings (SSSR count). The van der Waals surface area contributed by atoms with Gasteiger partial charge in [0.15, 0.2) is 5.17 Å². The molecule has 0 atom stereocenters. The number of nitrogens with one attached hydrogen (secondary N) is 1. The minimum Gasteiger partial charge on any atom is -0.379 e. The molecule has 0 heterocycles. The van der Waals surface area contributed by atoms with E-state index < -0.39 is 0 Å². The lowest BCUT2D eigenvalue weighted by Crippen LogP contribution is -2.03. The van der Waals surface area contributed by atoms with Crippen LogP contribution in [0.15, 0.2) is 17.1 Å². The van der Waals surface area contributed by atoms with Gasteiger partial charge in [-0.15, -0.1) is 0 Å². The van der Waals surface area contributed by atoms with Gasteiger partial charge in [-0.25, -0.2) is 0 Å². The van der Waals surface area contributed by atoms with Gasteiger partial charge in [0.05, 0.1) is 0 Å². The molecule has 0 radical (unpaired) electrons. The van der Waals surface area contributed by atoms with E-state index in [-0.39, 0.29) is 5.17 Å². The molecule has 0 bridgehead atoms. The number of hydrogen-bond acceptors (Lipinski definition) is 3. The van der Waals surface area contributed by atoms with E-state index in [2.05, 4.69) is 4.99 Å². The minimum absolute atomic E-state index is 0.151. The van der Waals surface area contributed by atoms with Crippen LogP contribution < -0.4 is 5.73 Å². The quantitative estimate of drug-likeness (QED) is 0.471. The molecule has 0 unspecified atom stereocenters. The van der Waals surface area contributed by atoms with Gasteiger partial charge in [0.25, 0.3) is 0 Å². The maximum absolute atomic E-state index is 6.85. The predicted octanol–water partition coefficient (Wildman–Crippen LogP) is 0.870. The number of aliphatic imine (C=N–C) groups is 1. The van der Waals surface area contributed by atoms with E-state index >= 15 is 0 Å². The highest BCUT2D eigenvalue weighted by molar-refractivity contribution is 8.13. The highest BCUT2D eigenvalue weighted by atomic mass is 32.2. The van der Waals surface area contributed by atoms with E-state index in [1.165, 1.54) is 11.8 Å². The summed E-state index contributed by atoms with van der Waals surface area (Å²) in [4.78, 5) is 3.75. The summed E-state index contributed by atoms with van der Waals surface area (Å²) in [7, 11) is 1.71. The van der Waals surface area contributed by atoms with Crippen LogP contribution in [-0.4, -0.2) is 24.2 Å². The van der Waals surface area contributed by atoms with Crippen molar-refractivity contribution < 1.29 is 0 Å². The lowest BCUT2D eigenvalue weighted by molar-refractivity contribution is 1.47. The first kappa shape index (κ1) is 9.23. The van der Waals surface area contributed by atoms with Gasteiger partial charge in [-0.3, -0.25) is 10.4 Å². The Bertz CT molecular complexity index is 151. The minimum atomic E-state index is 0.151. The first-order valence-electron chi connectivity index (χ1n) is 2.81. The second-order valence-electron chi connectivity index (χ2n) is 1.51. The zero-order chi connectivity index (χ0) is 7.82. The van der Waals surface area contributed by atoms with E-state index in [0.29, 0.717) is 0 Å². The van der Waals surface area contributed by atoms with E-state index in [0.717, 1.165) is 5.75 Å². The third kappa shape index (κ3) is 7.23. The highest BCUT2D eigenvalue weighted by Crippen LogP contribution is 1.96. The second-order valence-corrected chi connectivity index (χ2v) is 2.57. The summed E-state index contributed by atoms with van der Waals surface area (Å²) in [6, 6.07) is 0. The summed E-state index contributed by atoms with van der Waals surface area (Å²) in [5, 5.41) is 7.00. The average molecular weight is 157 g/mol. The number of rotatable bonds is 3. The van der Waals surface area contributed by atoms with Crippen molar-refractivity contribution in [3.05, 3.63) is 12.2 Å². The molecule has 0 aromatic rings. The molecule has 0 aliphatic heterocycles. The fraction of sp³-hybridized carbons (Fsp3) is 0.333. The number of nitrogens with zero attached hydrogens (tertiary/aromatic N) is 1. The molecule has 10 heavy (non-hydrogen) atoms. The Kier molecular flexibility index (Phi) is 5.86. The number of allylic oxidation sites excluding steroid dienone is 1. The van der Waals surface area contributed by atoms with Crippen molar-refractivity contribution >= 4 is 23.1 Å². The summed E-state index contributed by atoms with van der Waals surface area (Å²) < 4.78 is 0. The van der Waals surface area contributed by atoms with Crippen molar-refractivity contribution in [1.29, 1.82) is 5.41 Å². The van der Waals surface area contributed by atoms with Gasteiger partial charge in [-0.2, -0.15) is 0 Å². The maximum atomic E-state index is 6.85. The Morgan fingerprint density at radius 1 is 1.80 bits per heavy atom. The second kappa shape index (κ2) is 6.35. The Morgan fingerprint density at radius 3 is 3.00 bits per heavy atom. The fourth-order valence-electron chi connectivity index (χ4n) is 0.340. The van der Waals surface area contributed by atoms with Gasteiger partial charge in [0.2, 0.25) is 0 Å². The lowest BCUT2D eigenvalue weighted by Gasteiger charge is -1.88. The van der Waals surface area contributed by atoms with Crippen LogP contribution in [0.1, 0.15) is 0 Å². The molecule has 0 aliphatic carbocycles. The van der Waals surface area contributed by atoms with Crippen LogP contribution in [0.5, 0.6) is 0 Å². The highest BCUT2D eigenvalue weighted by Gasteiger charge is 1.83. The molecule has 3 N–H and O–H groups in total. The summed E-state index contributed by atoms with van der Waals surface area (Å²) in [5.74, 6) is 0.737. The molecule has 0 aromatic heterocycles. The maximum Gasteiger partial charge on any atom is 0.151 e. The van der Waals surface area contributed by atoms with E-state index in [1.807, 2.05) is 12.2 Å². The normalized spacial score (nSPS) is 11.3. The summed E-state index contributed by atoms with van der Waals surface area (Å²) in [6.45, 7) is 0. The van der Waals surface area contributed by atoms with Gasteiger partial charge in [-0.1, -0.05) is 17.8 Å². The van der Waals surface area contributed by atoms with Gasteiger partial charge < -0.3 is 5.73 Å². The molecular formula is C6H11N3S. The SMILES string of the molecule is CN=C/C=C/CSC(=N)N. The molecule has 4 heteroatoms. The van der Waals surface area contributed by atoms with E-state index in [4.69, 9.17) is 11.1 Å². The number of hydrogen-bond donors (Lipinski definition) is 2. The van der Waals surface area contributed by atoms with Crippen molar-refractivity contribution in [3.8, 4) is 0 Å². The van der Waals surface area contributed by atoms with E-state index in [1.54, 1.807) is 13.3 Å². The molecular weight excluding hydrogens is 146 g/mol. The standard InChI is InChI=1S/C6H11N3S/c1-9-4-2-3-5-10-6(7)8/h2-4H,5H2,1H3,(H3,7,8)/b3-2+,9-4?. The van der Waals surface area contributed by atoms with Crippen molar-refractivity contribution in [2.24, 2.45) is 10.7 Å². The van der Waals surface area contributed by atoms with Crippen molar-refractivity contribution in [2.45, 2.75) is 0 Å². The molecule has 0 saturated carbocycles. The van der Waals surface area contributed by atoms with Gasteiger partial charge in [0.1, 0.15) is 0 Å². The number of amidine groups is 1. The van der Waals surface area contributed by atoms with Crippen molar-refractivity contribution in [1.82, 2.24) is 0 Å². The average Bonchev–Trinajstić information content (AvgIpc) is 1.87. The van der Waals surface area contributed by atoms with Crippen LogP contribution in [0.4, 0.5) is 0 Å². The van der Waals surface area contributed by atoms with Crippen LogP contribution in [-0.2, 0) is 0 Å². The Morgan fingerprint density at radius 2 is 2.50 bits per heavy atom. The van der Waals surface area contributed by atoms with Crippen LogP contribution in [0.2, 0.25) is 0 Å². The smallest absolute Gasteiger partial charge is 0.151 e. The molecule has 0 saturated heterocycles. The van der Waals surface area contributed by atoms with Gasteiger partial charge in [-0.05, 0) is 6.08 Å². The molecule has 56 valence electrons. The van der Waals surface area contributed by atoms with E-state index in [9.17, 15) is 0 Å². The fourth-order valence-corrected chi connectivity index (χ4v) is 0.727. The monoisotopic (exact) mass is 157 g/mol. The van der Waals surface area contributed by atoms with Gasteiger partial charge in [0, 0.05) is 19.0 Å².